The van der Waals surface area contributed by atoms with Crippen molar-refractivity contribution in [3.63, 3.8) is 0 Å². The van der Waals surface area contributed by atoms with Crippen LogP contribution in [0.1, 0.15) is 45.2 Å². The van der Waals surface area contributed by atoms with Gasteiger partial charge in [0, 0.05) is 20.2 Å². The number of nitrogens with two attached hydrogens (primary N) is 1. The zero-order chi connectivity index (χ0) is 12.0. The Morgan fingerprint density at radius 2 is 2.06 bits per heavy atom. The van der Waals surface area contributed by atoms with Crippen LogP contribution in [0.3, 0.4) is 0 Å². The van der Waals surface area contributed by atoms with Gasteiger partial charge in [-0.15, -0.1) is 0 Å². The maximum Gasteiger partial charge on any atom is 0.0343 e. The molecule has 0 unspecified atom stereocenters. The van der Waals surface area contributed by atoms with Gasteiger partial charge in [0.15, 0.2) is 0 Å². The van der Waals surface area contributed by atoms with E-state index in [9.17, 15) is 0 Å². The first-order valence-electron chi connectivity index (χ1n) is 6.36. The van der Waals surface area contributed by atoms with E-state index in [0.717, 1.165) is 12.5 Å². The van der Waals surface area contributed by atoms with Crippen molar-refractivity contribution in [2.75, 3.05) is 18.4 Å². The highest BCUT2D eigenvalue weighted by Crippen LogP contribution is 2.42. The summed E-state index contributed by atoms with van der Waals surface area (Å²) in [6.45, 7) is 7.74. The van der Waals surface area contributed by atoms with Crippen molar-refractivity contribution in [2.24, 2.45) is 5.73 Å². The third kappa shape index (κ3) is 3.53. The Kier molecular flexibility index (Phi) is 5.33. The minimum Gasteiger partial charge on any atom is -0.384 e. The van der Waals surface area contributed by atoms with Crippen LogP contribution in [0, 0.1) is 6.92 Å². The number of nitrogens with one attached hydrogen (secondary N) is 1. The summed E-state index contributed by atoms with van der Waals surface area (Å²) in [4.78, 5) is 0. The van der Waals surface area contributed by atoms with Crippen LogP contribution in [0.5, 0.6) is 0 Å². The Labute approximate surface area is 101 Å². The molecule has 0 bridgehead atoms. The largest absolute Gasteiger partial charge is 0.384 e. The number of aryl methyl sites for hydroxylation is 1. The number of hydrogen-bond donors (Lipinski definition) is 2. The number of rotatable bonds is 4. The van der Waals surface area contributed by atoms with Gasteiger partial charge in [0.1, 0.15) is 0 Å². The Morgan fingerprint density at radius 3 is 2.62 bits per heavy atom. The highest BCUT2D eigenvalue weighted by molar-refractivity contribution is 5.50. The molecule has 0 heterocycles. The molecular weight excluding hydrogens is 196 g/mol. The van der Waals surface area contributed by atoms with Crippen LogP contribution in [-0.2, 0) is 0 Å². The van der Waals surface area contributed by atoms with Crippen molar-refractivity contribution in [3.8, 4) is 0 Å². The lowest BCUT2D eigenvalue weighted by Gasteiger charge is -2.09. The second-order valence-corrected chi connectivity index (χ2v) is 4.06. The van der Waals surface area contributed by atoms with Crippen LogP contribution < -0.4 is 11.1 Å². The summed E-state index contributed by atoms with van der Waals surface area (Å²) in [5.41, 5.74) is 9.61. The third-order valence-corrected chi connectivity index (χ3v) is 2.77. The monoisotopic (exact) mass is 222 g/mol. The average Bonchev–Trinajstić information content (AvgIpc) is 3.15. The fraction of sp³-hybridized carbons (Fsp3) is 0.571. The zero-order valence-corrected chi connectivity index (χ0v) is 10.7. The minimum absolute atomic E-state index is 0. The summed E-state index contributed by atoms with van der Waals surface area (Å²) in [5.74, 6) is 0.828. The first-order chi connectivity index (χ1) is 7.81. The van der Waals surface area contributed by atoms with Gasteiger partial charge in [0.2, 0.25) is 0 Å². The molecule has 1 fully saturated rings. The van der Waals surface area contributed by atoms with E-state index < -0.39 is 0 Å². The Morgan fingerprint density at radius 1 is 1.38 bits per heavy atom. The molecule has 1 aliphatic rings. The molecule has 2 rings (SSSR count). The Hall–Kier alpha value is -1.02. The quantitative estimate of drug-likeness (QED) is 0.818. The Balaban J connectivity index is 0.000000811. The molecule has 1 aromatic rings. The molecule has 0 spiro atoms. The summed E-state index contributed by atoms with van der Waals surface area (Å²) < 4.78 is 0. The summed E-state index contributed by atoms with van der Waals surface area (Å²) >= 11 is 0. The molecule has 0 aromatic heterocycles. The van der Waals surface area contributed by atoms with Crippen molar-refractivity contribution in [2.45, 2.75) is 39.5 Å². The molecule has 92 valence electrons. The van der Waals surface area contributed by atoms with Crippen molar-refractivity contribution in [3.05, 3.63) is 29.3 Å². The number of anilines is 1. The molecule has 2 heteroatoms. The average molecular weight is 222 g/mol. The lowest BCUT2D eigenvalue weighted by molar-refractivity contribution is 1.02. The molecule has 1 aliphatic carbocycles. The lowest BCUT2D eigenvalue weighted by Crippen LogP contribution is -2.13. The fourth-order valence-corrected chi connectivity index (χ4v) is 1.80. The van der Waals surface area contributed by atoms with Crippen LogP contribution in [0.2, 0.25) is 0 Å². The normalized spacial score (nSPS) is 14.0. The van der Waals surface area contributed by atoms with Gasteiger partial charge in [-0.2, -0.15) is 0 Å². The summed E-state index contributed by atoms with van der Waals surface area (Å²) in [6, 6.07) is 6.62. The highest BCUT2D eigenvalue weighted by Gasteiger charge is 2.24. The van der Waals surface area contributed by atoms with E-state index in [0.29, 0.717) is 6.54 Å². The molecule has 1 saturated carbocycles. The smallest absolute Gasteiger partial charge is 0.0343 e. The first-order valence-corrected chi connectivity index (χ1v) is 6.36. The maximum absolute atomic E-state index is 5.45. The van der Waals surface area contributed by atoms with E-state index in [2.05, 4.69) is 30.4 Å². The van der Waals surface area contributed by atoms with Crippen LogP contribution in [-0.4, -0.2) is 13.1 Å². The molecule has 3 N–H and O–H groups in total. The molecule has 2 nitrogen and oxygen atoms in total. The number of benzene rings is 1. The van der Waals surface area contributed by atoms with E-state index >= 15 is 0 Å². The van der Waals surface area contributed by atoms with E-state index in [-0.39, 0.29) is 1.43 Å². The van der Waals surface area contributed by atoms with Crippen molar-refractivity contribution >= 4 is 5.69 Å². The van der Waals surface area contributed by atoms with Crippen LogP contribution in [0.25, 0.3) is 0 Å². The molecule has 16 heavy (non-hydrogen) atoms. The molecule has 0 amide bonds. The van der Waals surface area contributed by atoms with Gasteiger partial charge in [-0.3, -0.25) is 0 Å². The van der Waals surface area contributed by atoms with Crippen LogP contribution >= 0.6 is 0 Å². The predicted octanol–water partition coefficient (Wildman–Crippen LogP) is 3.52. The SMILES string of the molecule is CC.Cc1ccc(NCCN)cc1C1CC1.[HH]. The standard InChI is InChI=1S/C12H18N2.C2H6.H2/c1-9-2-5-11(14-7-6-13)8-12(9)10-3-4-10;1-2;/h2,5,8,10,14H,3-4,6-7,13H2,1H3;1-2H3;1H. The second-order valence-electron chi connectivity index (χ2n) is 4.06. The minimum atomic E-state index is 0. The summed E-state index contributed by atoms with van der Waals surface area (Å²) in [6.07, 6.45) is 2.72. The lowest BCUT2D eigenvalue weighted by atomic mass is 10.0. The van der Waals surface area contributed by atoms with Gasteiger partial charge in [-0.1, -0.05) is 19.9 Å². The maximum atomic E-state index is 5.45. The highest BCUT2D eigenvalue weighted by atomic mass is 14.9. The third-order valence-electron chi connectivity index (χ3n) is 2.77. The molecule has 0 saturated heterocycles. The summed E-state index contributed by atoms with van der Waals surface area (Å²) in [7, 11) is 0. The first kappa shape index (κ1) is 13.0. The molecule has 0 radical (unpaired) electrons. The van der Waals surface area contributed by atoms with Gasteiger partial charge in [-0.05, 0) is 48.9 Å². The molecule has 0 atom stereocenters. The molecule has 0 aliphatic heterocycles. The van der Waals surface area contributed by atoms with Gasteiger partial charge in [0.05, 0.1) is 0 Å². The van der Waals surface area contributed by atoms with Crippen LogP contribution in [0.15, 0.2) is 18.2 Å². The van der Waals surface area contributed by atoms with E-state index in [1.807, 2.05) is 13.8 Å². The van der Waals surface area contributed by atoms with Gasteiger partial charge >= 0.3 is 0 Å². The van der Waals surface area contributed by atoms with Gasteiger partial charge in [0.25, 0.3) is 0 Å². The van der Waals surface area contributed by atoms with Crippen molar-refractivity contribution < 1.29 is 1.43 Å². The topological polar surface area (TPSA) is 38.0 Å². The zero-order valence-electron chi connectivity index (χ0n) is 10.7. The van der Waals surface area contributed by atoms with Gasteiger partial charge in [-0.25, -0.2) is 0 Å². The van der Waals surface area contributed by atoms with Gasteiger partial charge < -0.3 is 11.1 Å². The second kappa shape index (κ2) is 6.54. The predicted molar refractivity (Wildman–Crippen MR) is 74.2 cm³/mol. The summed E-state index contributed by atoms with van der Waals surface area (Å²) in [5, 5.41) is 3.32. The molecular formula is C14H26N2. The Bertz CT molecular complexity index is 322. The van der Waals surface area contributed by atoms with Crippen molar-refractivity contribution in [1.82, 2.24) is 0 Å². The van der Waals surface area contributed by atoms with E-state index in [4.69, 9.17) is 5.73 Å². The van der Waals surface area contributed by atoms with E-state index in [1.54, 1.807) is 0 Å². The fourth-order valence-electron chi connectivity index (χ4n) is 1.80. The number of hydrogen-bond acceptors (Lipinski definition) is 2. The van der Waals surface area contributed by atoms with Crippen molar-refractivity contribution in [1.29, 1.82) is 0 Å². The van der Waals surface area contributed by atoms with E-state index in [1.165, 1.54) is 29.7 Å². The van der Waals surface area contributed by atoms with Crippen LogP contribution in [0.4, 0.5) is 5.69 Å². The molecule has 1 aromatic carbocycles.